The first-order valence-corrected chi connectivity index (χ1v) is 16.9. The van der Waals surface area contributed by atoms with Gasteiger partial charge in [0.1, 0.15) is 13.5 Å². The molecule has 0 aliphatic carbocycles. The van der Waals surface area contributed by atoms with Crippen molar-refractivity contribution in [3.63, 3.8) is 0 Å². The third-order valence-corrected chi connectivity index (χ3v) is 12.6. The fourth-order valence-electron chi connectivity index (χ4n) is 5.61. The van der Waals surface area contributed by atoms with Crippen molar-refractivity contribution in [2.75, 3.05) is 15.9 Å². The number of carbonyl (C=O) groups excluding carboxylic acids is 1. The number of esters is 1. The second-order valence-corrected chi connectivity index (χ2v) is 14.7. The van der Waals surface area contributed by atoms with Crippen LogP contribution in [0.25, 0.3) is 0 Å². The monoisotopic (exact) mass is 592 g/mol. The maximum Gasteiger partial charge on any atom is 0.342 e. The van der Waals surface area contributed by atoms with Crippen molar-refractivity contribution >= 4 is 44.1 Å². The Bertz CT molecular complexity index is 1490. The van der Waals surface area contributed by atoms with Gasteiger partial charge in [0.25, 0.3) is 0 Å². The van der Waals surface area contributed by atoms with Gasteiger partial charge in [-0.2, -0.15) is 0 Å². The number of allylic oxidation sites excluding steroid dienone is 1. The minimum Gasteiger partial charge on any atom is -0.462 e. The molecule has 0 spiro atoms. The number of anilines is 2. The second kappa shape index (κ2) is 13.1. The molecule has 4 nitrogen and oxygen atoms in total. The Morgan fingerprint density at radius 3 is 1.45 bits per heavy atom. The highest BCUT2D eigenvalue weighted by Gasteiger charge is 2.41. The Balaban J connectivity index is 1.82. The first-order valence-electron chi connectivity index (χ1n) is 14.3. The van der Waals surface area contributed by atoms with Crippen LogP contribution in [0.15, 0.2) is 120 Å². The minimum absolute atomic E-state index is 0.253. The molecule has 0 bridgehead atoms. The van der Waals surface area contributed by atoms with Gasteiger partial charge in [0.05, 0.1) is 18.0 Å². The van der Waals surface area contributed by atoms with E-state index in [4.69, 9.17) is 4.74 Å². The van der Waals surface area contributed by atoms with Crippen LogP contribution in [0.1, 0.15) is 36.1 Å². The lowest BCUT2D eigenvalue weighted by Crippen LogP contribution is -2.24. The second-order valence-electron chi connectivity index (χ2n) is 10.4. The molecule has 4 aromatic carbocycles. The van der Waals surface area contributed by atoms with E-state index in [0.717, 1.165) is 22.0 Å². The molecule has 0 fully saturated rings. The van der Waals surface area contributed by atoms with Crippen LogP contribution in [-0.4, -0.2) is 12.6 Å². The molecule has 0 saturated heterocycles. The summed E-state index contributed by atoms with van der Waals surface area (Å²) in [7, 11) is -2.38. The van der Waals surface area contributed by atoms with Crippen LogP contribution in [0.2, 0.25) is 0 Å². The number of ether oxygens (including phenoxy) is 1. The zero-order chi connectivity index (χ0) is 29.8. The van der Waals surface area contributed by atoms with Gasteiger partial charge >= 0.3 is 5.97 Å². The van der Waals surface area contributed by atoms with E-state index in [-0.39, 0.29) is 5.97 Å². The van der Waals surface area contributed by atoms with E-state index in [1.165, 1.54) is 32.9 Å². The summed E-state index contributed by atoms with van der Waals surface area (Å²) >= 11 is 0. The lowest BCUT2D eigenvalue weighted by molar-refractivity contribution is -0.137. The van der Waals surface area contributed by atoms with E-state index < -0.39 is 16.1 Å². The maximum absolute atomic E-state index is 14.3. The van der Waals surface area contributed by atoms with Crippen molar-refractivity contribution in [3.05, 3.63) is 142 Å². The molecule has 0 aromatic heterocycles. The number of para-hydroxylation sites is 2. The van der Waals surface area contributed by atoms with Crippen LogP contribution >= 0.6 is 16.1 Å². The Morgan fingerprint density at radius 1 is 0.667 bits per heavy atom. The van der Waals surface area contributed by atoms with E-state index in [0.29, 0.717) is 6.61 Å². The van der Waals surface area contributed by atoms with Gasteiger partial charge in [-0.1, -0.05) is 97.1 Å². The van der Waals surface area contributed by atoms with Crippen LogP contribution in [0.4, 0.5) is 11.4 Å². The number of hydrogen-bond acceptors (Lipinski definition) is 4. The SMILES string of the molecule is CCOC(=O)/C(=C(/C)P(c1ccccc1)c1ccccc1)P1N(c2c(C)cccc2C)C=CN1c1c(C)cccc1C. The highest BCUT2D eigenvalue weighted by molar-refractivity contribution is 7.78. The van der Waals surface area contributed by atoms with Gasteiger partial charge in [0.2, 0.25) is 0 Å². The van der Waals surface area contributed by atoms with E-state index in [1.807, 2.05) is 19.1 Å². The fourth-order valence-corrected chi connectivity index (χ4v) is 11.0. The number of rotatable bonds is 8. The van der Waals surface area contributed by atoms with Gasteiger partial charge < -0.3 is 14.1 Å². The van der Waals surface area contributed by atoms with Gasteiger partial charge in [-0.25, -0.2) is 4.79 Å². The fraction of sp³-hybridized carbons (Fsp3) is 0.194. The lowest BCUT2D eigenvalue weighted by atomic mass is 10.1. The number of hydrogen-bond donors (Lipinski definition) is 0. The standard InChI is InChI=1S/C36H38N2O2P2/c1-7-40-36(39)35(30(6)41(31-20-10-8-11-21-31)32-22-12-9-13-23-32)42-37(33-26(2)16-14-17-27(33)3)24-25-38(42)34-28(4)18-15-19-29(34)5/h8-25H,7H2,1-6H3/b35-30+. The van der Waals surface area contributed by atoms with E-state index in [1.54, 1.807) is 0 Å². The molecule has 1 aliphatic rings. The predicted molar refractivity (Wildman–Crippen MR) is 181 cm³/mol. The van der Waals surface area contributed by atoms with Crippen molar-refractivity contribution in [2.45, 2.75) is 41.5 Å². The van der Waals surface area contributed by atoms with Crippen LogP contribution in [0, 0.1) is 27.7 Å². The average molecular weight is 593 g/mol. The molecule has 214 valence electrons. The number of carbonyl (C=O) groups is 1. The van der Waals surface area contributed by atoms with E-state index >= 15 is 0 Å². The highest BCUT2D eigenvalue weighted by atomic mass is 31.1. The molecule has 5 rings (SSSR count). The first-order chi connectivity index (χ1) is 20.3. The summed E-state index contributed by atoms with van der Waals surface area (Å²) < 4.78 is 10.5. The third-order valence-electron chi connectivity index (χ3n) is 7.47. The Hall–Kier alpha value is -3.71. The van der Waals surface area contributed by atoms with Gasteiger partial charge in [0.15, 0.2) is 0 Å². The lowest BCUT2D eigenvalue weighted by Gasteiger charge is -2.37. The van der Waals surface area contributed by atoms with Crippen molar-refractivity contribution in [1.29, 1.82) is 0 Å². The molecular weight excluding hydrogens is 554 g/mol. The summed E-state index contributed by atoms with van der Waals surface area (Å²) in [6.07, 6.45) is 4.29. The molecule has 0 saturated carbocycles. The zero-order valence-electron chi connectivity index (χ0n) is 25.2. The van der Waals surface area contributed by atoms with Crippen molar-refractivity contribution in [1.82, 2.24) is 0 Å². The van der Waals surface area contributed by atoms with E-state index in [9.17, 15) is 4.79 Å². The Morgan fingerprint density at radius 2 is 1.07 bits per heavy atom. The molecule has 4 aromatic rings. The van der Waals surface area contributed by atoms with Gasteiger partial charge in [-0.3, -0.25) is 0 Å². The minimum atomic E-state index is -1.38. The van der Waals surface area contributed by atoms with Crippen LogP contribution in [0.3, 0.4) is 0 Å². The summed E-state index contributed by atoms with van der Waals surface area (Å²) in [5.74, 6) is -0.253. The molecule has 1 aliphatic heterocycles. The smallest absolute Gasteiger partial charge is 0.342 e. The van der Waals surface area contributed by atoms with Crippen molar-refractivity contribution in [3.8, 4) is 0 Å². The predicted octanol–water partition coefficient (Wildman–Crippen LogP) is 8.96. The van der Waals surface area contributed by atoms with Gasteiger partial charge in [-0.15, -0.1) is 0 Å². The number of nitrogens with zero attached hydrogens (tertiary/aromatic N) is 2. The molecule has 6 heteroatoms. The third kappa shape index (κ3) is 5.80. The summed E-state index contributed by atoms with van der Waals surface area (Å²) in [5, 5.41) is 4.21. The topological polar surface area (TPSA) is 32.8 Å². The first kappa shape index (κ1) is 29.8. The van der Waals surface area contributed by atoms with Gasteiger partial charge in [0, 0.05) is 12.4 Å². The van der Waals surface area contributed by atoms with Crippen LogP contribution in [-0.2, 0) is 9.53 Å². The van der Waals surface area contributed by atoms with Crippen molar-refractivity contribution < 1.29 is 9.53 Å². The molecule has 1 heterocycles. The van der Waals surface area contributed by atoms with Gasteiger partial charge in [-0.05, 0) is 87.6 Å². The molecule has 0 atom stereocenters. The maximum atomic E-state index is 14.3. The molecule has 0 radical (unpaired) electrons. The summed E-state index contributed by atoms with van der Waals surface area (Å²) in [6.45, 7) is 12.9. The molecular formula is C36H38N2O2P2. The summed E-state index contributed by atoms with van der Waals surface area (Å²) in [4.78, 5) is 14.3. The molecule has 42 heavy (non-hydrogen) atoms. The molecule has 0 unspecified atom stereocenters. The highest BCUT2D eigenvalue weighted by Crippen LogP contribution is 2.64. The van der Waals surface area contributed by atoms with E-state index in [2.05, 4.69) is 141 Å². The summed E-state index contributed by atoms with van der Waals surface area (Å²) in [6, 6.07) is 33.9. The van der Waals surface area contributed by atoms with Crippen molar-refractivity contribution in [2.24, 2.45) is 0 Å². The Labute approximate surface area is 253 Å². The largest absolute Gasteiger partial charge is 0.462 e. The normalized spacial score (nSPS) is 14.0. The average Bonchev–Trinajstić information content (AvgIpc) is 3.38. The Kier molecular flexibility index (Phi) is 9.27. The quantitative estimate of drug-likeness (QED) is 0.116. The van der Waals surface area contributed by atoms with Crippen LogP contribution in [0.5, 0.6) is 0 Å². The number of aryl methyl sites for hydroxylation is 4. The summed E-state index contributed by atoms with van der Waals surface area (Å²) in [5.41, 5.74) is 6.95. The molecule has 0 N–H and O–H groups in total. The zero-order valence-corrected chi connectivity index (χ0v) is 27.0. The molecule has 0 amide bonds. The number of benzene rings is 4. The van der Waals surface area contributed by atoms with Crippen LogP contribution < -0.4 is 19.9 Å².